The number of carbonyl (C=O) groups is 1. The number of hydrogen-bond acceptors (Lipinski definition) is 6. The number of aromatic nitrogens is 2. The van der Waals surface area contributed by atoms with Gasteiger partial charge in [0.1, 0.15) is 29.5 Å². The number of nitrogens with one attached hydrogen (secondary N) is 2. The SMILES string of the molecule is COc1cc(NC(=O)Nc2ccc(OCc3cc(=O)n4ccccc4n3)cc2)cc(OC)c1. The molecule has 168 valence electrons. The van der Waals surface area contributed by atoms with Crippen LogP contribution in [0.5, 0.6) is 17.2 Å². The zero-order valence-corrected chi connectivity index (χ0v) is 18.1. The van der Waals surface area contributed by atoms with Gasteiger partial charge in [-0.05, 0) is 36.4 Å². The maximum Gasteiger partial charge on any atom is 0.323 e. The molecule has 0 unspecified atom stereocenters. The molecule has 2 heterocycles. The van der Waals surface area contributed by atoms with E-state index in [1.807, 2.05) is 6.07 Å². The minimum atomic E-state index is -0.417. The van der Waals surface area contributed by atoms with Gasteiger partial charge in [-0.3, -0.25) is 9.20 Å². The van der Waals surface area contributed by atoms with Crippen molar-refractivity contribution >= 4 is 23.1 Å². The van der Waals surface area contributed by atoms with Gasteiger partial charge in [0.25, 0.3) is 5.56 Å². The third kappa shape index (κ3) is 5.40. The van der Waals surface area contributed by atoms with E-state index in [9.17, 15) is 9.59 Å². The Kier molecular flexibility index (Phi) is 6.40. The highest BCUT2D eigenvalue weighted by Gasteiger charge is 2.07. The number of amides is 2. The second kappa shape index (κ2) is 9.73. The van der Waals surface area contributed by atoms with Crippen molar-refractivity contribution in [2.45, 2.75) is 6.61 Å². The van der Waals surface area contributed by atoms with Gasteiger partial charge in [-0.15, -0.1) is 0 Å². The summed E-state index contributed by atoms with van der Waals surface area (Å²) in [6, 6.07) is 18.3. The summed E-state index contributed by atoms with van der Waals surface area (Å²) in [5.41, 5.74) is 2.03. The minimum Gasteiger partial charge on any atom is -0.497 e. The highest BCUT2D eigenvalue weighted by Crippen LogP contribution is 2.26. The summed E-state index contributed by atoms with van der Waals surface area (Å²) >= 11 is 0. The van der Waals surface area contributed by atoms with E-state index in [1.54, 1.807) is 60.8 Å². The summed E-state index contributed by atoms with van der Waals surface area (Å²) in [4.78, 5) is 28.9. The van der Waals surface area contributed by atoms with Gasteiger partial charge in [-0.2, -0.15) is 0 Å². The van der Waals surface area contributed by atoms with Crippen LogP contribution in [-0.4, -0.2) is 29.6 Å². The number of urea groups is 1. The lowest BCUT2D eigenvalue weighted by atomic mass is 10.2. The highest BCUT2D eigenvalue weighted by atomic mass is 16.5. The Morgan fingerprint density at radius 2 is 1.58 bits per heavy atom. The number of carbonyl (C=O) groups excluding carboxylic acids is 1. The van der Waals surface area contributed by atoms with Gasteiger partial charge in [0.05, 0.1) is 19.9 Å². The van der Waals surface area contributed by atoms with Crippen LogP contribution in [-0.2, 0) is 6.61 Å². The molecule has 9 heteroatoms. The van der Waals surface area contributed by atoms with Crippen LogP contribution in [0.15, 0.2) is 77.7 Å². The molecule has 9 nitrogen and oxygen atoms in total. The first-order valence-electron chi connectivity index (χ1n) is 10.1. The van der Waals surface area contributed by atoms with Crippen LogP contribution in [0.2, 0.25) is 0 Å². The number of pyridine rings is 1. The van der Waals surface area contributed by atoms with Gasteiger partial charge < -0.3 is 24.8 Å². The maximum atomic E-state index is 12.3. The highest BCUT2D eigenvalue weighted by molar-refractivity contribution is 6.00. The molecule has 0 saturated carbocycles. The van der Waals surface area contributed by atoms with Gasteiger partial charge in [0.2, 0.25) is 0 Å². The molecule has 2 aromatic carbocycles. The Morgan fingerprint density at radius 1 is 0.879 bits per heavy atom. The largest absolute Gasteiger partial charge is 0.497 e. The quantitative estimate of drug-likeness (QED) is 0.446. The van der Waals surface area contributed by atoms with Gasteiger partial charge in [-0.25, -0.2) is 9.78 Å². The van der Waals surface area contributed by atoms with Gasteiger partial charge in [0, 0.05) is 41.8 Å². The topological polar surface area (TPSA) is 103 Å². The Bertz CT molecular complexity index is 1310. The number of nitrogens with zero attached hydrogens (tertiary/aromatic N) is 2. The lowest BCUT2D eigenvalue weighted by molar-refractivity contribution is 0.262. The van der Waals surface area contributed by atoms with Crippen LogP contribution in [0, 0.1) is 0 Å². The lowest BCUT2D eigenvalue weighted by Crippen LogP contribution is -2.19. The van der Waals surface area contributed by atoms with Gasteiger partial charge in [0.15, 0.2) is 0 Å². The molecule has 0 radical (unpaired) electrons. The summed E-state index contributed by atoms with van der Waals surface area (Å²) in [6.45, 7) is 0.144. The summed E-state index contributed by atoms with van der Waals surface area (Å²) in [6.07, 6.45) is 1.67. The molecule has 2 aromatic heterocycles. The zero-order valence-electron chi connectivity index (χ0n) is 18.1. The summed E-state index contributed by atoms with van der Waals surface area (Å²) in [5.74, 6) is 1.71. The van der Waals surface area contributed by atoms with E-state index in [1.165, 1.54) is 24.7 Å². The minimum absolute atomic E-state index is 0.144. The van der Waals surface area contributed by atoms with Crippen LogP contribution in [0.25, 0.3) is 5.65 Å². The third-order valence-corrected chi connectivity index (χ3v) is 4.73. The molecule has 0 aliphatic carbocycles. The van der Waals surface area contributed by atoms with Crippen molar-refractivity contribution in [3.63, 3.8) is 0 Å². The number of fused-ring (bicyclic) bond motifs is 1. The average molecular weight is 446 g/mol. The first-order valence-corrected chi connectivity index (χ1v) is 10.1. The fourth-order valence-electron chi connectivity index (χ4n) is 3.14. The summed E-state index contributed by atoms with van der Waals surface area (Å²) in [5, 5.41) is 5.49. The fourth-order valence-corrected chi connectivity index (χ4v) is 3.14. The predicted octanol–water partition coefficient (Wildman–Crippen LogP) is 3.93. The number of anilines is 2. The van der Waals surface area contributed by atoms with Crippen molar-refractivity contribution in [3.8, 4) is 17.2 Å². The molecule has 0 atom stereocenters. The molecule has 0 spiro atoms. The number of hydrogen-bond donors (Lipinski definition) is 2. The van der Waals surface area contributed by atoms with Crippen molar-refractivity contribution < 1.29 is 19.0 Å². The van der Waals surface area contributed by atoms with E-state index >= 15 is 0 Å². The second-order valence-corrected chi connectivity index (χ2v) is 7.01. The number of methoxy groups -OCH3 is 2. The standard InChI is InChI=1S/C24H22N4O5/c1-31-20-11-17(12-21(14-20)32-2)27-24(30)26-16-6-8-19(9-7-16)33-15-18-13-23(29)28-10-4-3-5-22(28)25-18/h3-14H,15H2,1-2H3,(H2,26,27,30). The number of ether oxygens (including phenoxy) is 3. The number of benzene rings is 2. The van der Waals surface area contributed by atoms with Crippen molar-refractivity contribution in [3.05, 3.63) is 89.0 Å². The Labute approximate surface area is 189 Å². The normalized spacial score (nSPS) is 10.5. The summed E-state index contributed by atoms with van der Waals surface area (Å²) in [7, 11) is 3.08. The van der Waals surface area contributed by atoms with E-state index in [0.717, 1.165) is 0 Å². The molecule has 0 aliphatic rings. The molecular formula is C24H22N4O5. The molecular weight excluding hydrogens is 424 g/mol. The molecule has 2 amide bonds. The molecule has 4 aromatic rings. The molecule has 33 heavy (non-hydrogen) atoms. The van der Waals surface area contributed by atoms with E-state index in [2.05, 4.69) is 15.6 Å². The van der Waals surface area contributed by atoms with Crippen molar-refractivity contribution in [2.75, 3.05) is 24.9 Å². The monoisotopic (exact) mass is 446 g/mol. The van der Waals surface area contributed by atoms with Crippen LogP contribution in [0.4, 0.5) is 16.2 Å². The molecule has 0 aliphatic heterocycles. The number of rotatable bonds is 7. The Balaban J connectivity index is 1.36. The second-order valence-electron chi connectivity index (χ2n) is 7.01. The average Bonchev–Trinajstić information content (AvgIpc) is 2.83. The first kappa shape index (κ1) is 21.7. The Hall–Kier alpha value is -4.53. The van der Waals surface area contributed by atoms with E-state index in [-0.39, 0.29) is 12.2 Å². The molecule has 0 saturated heterocycles. The van der Waals surface area contributed by atoms with Crippen LogP contribution >= 0.6 is 0 Å². The van der Waals surface area contributed by atoms with Crippen molar-refractivity contribution in [1.29, 1.82) is 0 Å². The molecule has 0 fully saturated rings. The Morgan fingerprint density at radius 3 is 2.27 bits per heavy atom. The maximum absolute atomic E-state index is 12.3. The van der Waals surface area contributed by atoms with Crippen molar-refractivity contribution in [1.82, 2.24) is 9.38 Å². The fraction of sp³-hybridized carbons (Fsp3) is 0.125. The van der Waals surface area contributed by atoms with Gasteiger partial charge >= 0.3 is 6.03 Å². The van der Waals surface area contributed by atoms with Crippen LogP contribution in [0.1, 0.15) is 5.69 Å². The zero-order chi connectivity index (χ0) is 23.2. The molecule has 4 rings (SSSR count). The van der Waals surface area contributed by atoms with Crippen LogP contribution < -0.4 is 30.4 Å². The third-order valence-electron chi connectivity index (χ3n) is 4.73. The predicted molar refractivity (Wildman–Crippen MR) is 124 cm³/mol. The van der Waals surface area contributed by atoms with E-state index in [4.69, 9.17) is 14.2 Å². The van der Waals surface area contributed by atoms with Gasteiger partial charge in [-0.1, -0.05) is 6.07 Å². The van der Waals surface area contributed by atoms with E-state index in [0.29, 0.717) is 40.0 Å². The van der Waals surface area contributed by atoms with Crippen LogP contribution in [0.3, 0.4) is 0 Å². The lowest BCUT2D eigenvalue weighted by Gasteiger charge is -2.11. The first-order chi connectivity index (χ1) is 16.0. The van der Waals surface area contributed by atoms with Crippen molar-refractivity contribution in [2.24, 2.45) is 0 Å². The molecule has 0 bridgehead atoms. The molecule has 2 N–H and O–H groups in total. The van der Waals surface area contributed by atoms with E-state index < -0.39 is 6.03 Å². The summed E-state index contributed by atoms with van der Waals surface area (Å²) < 4.78 is 17.6. The smallest absolute Gasteiger partial charge is 0.323 e.